The molecule has 0 radical (unpaired) electrons. The molecular formula is C22H24Cl2N2OS. The normalized spacial score (nSPS) is 22.0. The van der Waals surface area contributed by atoms with Gasteiger partial charge in [-0.2, -0.15) is 0 Å². The second kappa shape index (κ2) is 9.06. The van der Waals surface area contributed by atoms with Gasteiger partial charge in [0.1, 0.15) is 5.69 Å². The lowest BCUT2D eigenvalue weighted by Crippen LogP contribution is -2.49. The van der Waals surface area contributed by atoms with Crippen molar-refractivity contribution in [2.75, 3.05) is 6.54 Å². The van der Waals surface area contributed by atoms with Crippen molar-refractivity contribution in [3.8, 4) is 0 Å². The lowest BCUT2D eigenvalue weighted by atomic mass is 9.78. The summed E-state index contributed by atoms with van der Waals surface area (Å²) in [5.74, 6) is 1.38. The summed E-state index contributed by atoms with van der Waals surface area (Å²) in [5.41, 5.74) is 1.42. The molecule has 28 heavy (non-hydrogen) atoms. The zero-order chi connectivity index (χ0) is 19.5. The maximum Gasteiger partial charge on any atom is 0.272 e. The second-order valence-corrected chi connectivity index (χ2v) is 9.41. The largest absolute Gasteiger partial charge is 0.334 e. The van der Waals surface area contributed by atoms with Crippen LogP contribution in [-0.2, 0) is 5.75 Å². The molecule has 4 rings (SSSR count). The van der Waals surface area contributed by atoms with Crippen molar-refractivity contribution in [2.24, 2.45) is 5.92 Å². The van der Waals surface area contributed by atoms with E-state index < -0.39 is 0 Å². The Bertz CT molecular complexity index is 838. The zero-order valence-electron chi connectivity index (χ0n) is 15.7. The van der Waals surface area contributed by atoms with E-state index in [1.807, 2.05) is 36.4 Å². The van der Waals surface area contributed by atoms with E-state index in [2.05, 4.69) is 9.88 Å². The van der Waals surface area contributed by atoms with E-state index in [1.54, 1.807) is 11.8 Å². The van der Waals surface area contributed by atoms with Crippen LogP contribution >= 0.6 is 35.0 Å². The fraction of sp³-hybridized carbons (Fsp3) is 0.455. The lowest BCUT2D eigenvalue weighted by molar-refractivity contribution is 0.0385. The Balaban J connectivity index is 1.48. The molecular weight excluding hydrogens is 411 g/mol. The number of carbonyl (C=O) groups excluding carboxylic acids is 1. The molecule has 1 aromatic carbocycles. The number of pyridine rings is 1. The monoisotopic (exact) mass is 434 g/mol. The van der Waals surface area contributed by atoms with Gasteiger partial charge in [-0.25, -0.2) is 4.98 Å². The number of halogens is 2. The van der Waals surface area contributed by atoms with Crippen LogP contribution in [0.15, 0.2) is 41.3 Å². The maximum atomic E-state index is 13.2. The highest BCUT2D eigenvalue weighted by atomic mass is 35.5. The first kappa shape index (κ1) is 20.1. The van der Waals surface area contributed by atoms with Gasteiger partial charge < -0.3 is 4.90 Å². The van der Waals surface area contributed by atoms with Crippen molar-refractivity contribution in [1.29, 1.82) is 0 Å². The zero-order valence-corrected chi connectivity index (χ0v) is 18.1. The summed E-state index contributed by atoms with van der Waals surface area (Å²) >= 11 is 14.1. The Morgan fingerprint density at radius 3 is 2.57 bits per heavy atom. The van der Waals surface area contributed by atoms with E-state index in [0.717, 1.165) is 30.0 Å². The first-order valence-corrected chi connectivity index (χ1v) is 11.7. The molecule has 0 spiro atoms. The van der Waals surface area contributed by atoms with Gasteiger partial charge in [0.05, 0.1) is 15.7 Å². The first-order chi connectivity index (χ1) is 13.6. The molecule has 0 bridgehead atoms. The number of hydrogen-bond acceptors (Lipinski definition) is 3. The molecule has 6 heteroatoms. The molecule has 1 saturated heterocycles. The van der Waals surface area contributed by atoms with Crippen LogP contribution in [0.3, 0.4) is 0 Å². The van der Waals surface area contributed by atoms with Gasteiger partial charge in [-0.3, -0.25) is 4.79 Å². The van der Waals surface area contributed by atoms with Gasteiger partial charge in [-0.05, 0) is 55.9 Å². The Morgan fingerprint density at radius 1 is 1.04 bits per heavy atom. The number of piperidine rings is 1. The highest BCUT2D eigenvalue weighted by Gasteiger charge is 2.36. The second-order valence-electron chi connectivity index (χ2n) is 7.61. The number of benzene rings is 1. The molecule has 2 heterocycles. The average Bonchev–Trinajstić information content (AvgIpc) is 2.73. The van der Waals surface area contributed by atoms with Gasteiger partial charge in [0.25, 0.3) is 5.91 Å². The predicted octanol–water partition coefficient (Wildman–Crippen LogP) is 6.48. The third-order valence-corrected chi connectivity index (χ3v) is 7.84. The van der Waals surface area contributed by atoms with Gasteiger partial charge in [0.15, 0.2) is 0 Å². The van der Waals surface area contributed by atoms with Crippen LogP contribution in [-0.4, -0.2) is 28.4 Å². The summed E-state index contributed by atoms with van der Waals surface area (Å²) in [4.78, 5) is 20.8. The van der Waals surface area contributed by atoms with Gasteiger partial charge in [-0.1, -0.05) is 48.2 Å². The van der Waals surface area contributed by atoms with E-state index >= 15 is 0 Å². The first-order valence-electron chi connectivity index (χ1n) is 9.97. The number of likely N-dealkylation sites (tertiary alicyclic amines) is 1. The fourth-order valence-corrected chi connectivity index (χ4v) is 6.06. The van der Waals surface area contributed by atoms with Gasteiger partial charge in [-0.15, -0.1) is 11.8 Å². The molecule has 2 atom stereocenters. The molecule has 1 aromatic heterocycles. The third kappa shape index (κ3) is 4.34. The van der Waals surface area contributed by atoms with Crippen LogP contribution in [0.5, 0.6) is 0 Å². The van der Waals surface area contributed by atoms with Crippen LogP contribution in [0, 0.1) is 5.92 Å². The minimum Gasteiger partial charge on any atom is -0.334 e. The van der Waals surface area contributed by atoms with Crippen molar-refractivity contribution in [2.45, 2.75) is 55.2 Å². The Morgan fingerprint density at radius 2 is 1.75 bits per heavy atom. The van der Waals surface area contributed by atoms with Crippen LogP contribution in [0.25, 0.3) is 0 Å². The molecule has 148 valence electrons. The van der Waals surface area contributed by atoms with Gasteiger partial charge in [0, 0.05) is 23.2 Å². The highest BCUT2D eigenvalue weighted by Crippen LogP contribution is 2.37. The van der Waals surface area contributed by atoms with E-state index in [9.17, 15) is 4.79 Å². The smallest absolute Gasteiger partial charge is 0.272 e. The van der Waals surface area contributed by atoms with Crippen LogP contribution in [0.1, 0.15) is 54.7 Å². The van der Waals surface area contributed by atoms with Crippen LogP contribution in [0.2, 0.25) is 10.0 Å². The van der Waals surface area contributed by atoms with Gasteiger partial charge in [0.2, 0.25) is 0 Å². The Labute approximate surface area is 180 Å². The maximum absolute atomic E-state index is 13.2. The number of nitrogens with zero attached hydrogens (tertiary/aromatic N) is 2. The number of hydrogen-bond donors (Lipinski definition) is 0. The quantitative estimate of drug-likeness (QED) is 0.516. The topological polar surface area (TPSA) is 33.2 Å². The summed E-state index contributed by atoms with van der Waals surface area (Å²) in [5, 5.41) is 1.28. The number of rotatable bonds is 4. The Kier molecular flexibility index (Phi) is 6.49. The summed E-state index contributed by atoms with van der Waals surface area (Å²) < 4.78 is 0. The summed E-state index contributed by atoms with van der Waals surface area (Å²) in [6.07, 6.45) is 7.30. The standard InChI is InChI=1S/C22H24Cl2N2OS/c23-17-9-4-10-18(24)21(17)28-14-16-8-3-11-19(25-16)22(27)26-13-5-7-15-6-1-2-12-20(15)26/h3-4,8-11,15,20H,1-2,5-7,12-14H2/t15?,20-/m1/s1. The summed E-state index contributed by atoms with van der Waals surface area (Å²) in [6.45, 7) is 0.857. The number of carbonyl (C=O) groups is 1. The van der Waals surface area contributed by atoms with Crippen molar-refractivity contribution < 1.29 is 4.79 Å². The van der Waals surface area contributed by atoms with Crippen molar-refractivity contribution in [3.63, 3.8) is 0 Å². The number of amides is 1. The molecule has 0 N–H and O–H groups in total. The highest BCUT2D eigenvalue weighted by molar-refractivity contribution is 7.98. The van der Waals surface area contributed by atoms with E-state index in [-0.39, 0.29) is 5.91 Å². The lowest BCUT2D eigenvalue weighted by Gasteiger charge is -2.44. The van der Waals surface area contributed by atoms with Crippen molar-refractivity contribution in [1.82, 2.24) is 9.88 Å². The Hall–Kier alpha value is -1.23. The minimum absolute atomic E-state index is 0.0826. The number of thioether (sulfide) groups is 1. The van der Waals surface area contributed by atoms with E-state index in [1.165, 1.54) is 25.7 Å². The SMILES string of the molecule is O=C(c1cccc(CSc2c(Cl)cccc2Cl)n1)N1CCCC2CCCC[C@H]21. The summed E-state index contributed by atoms with van der Waals surface area (Å²) in [6, 6.07) is 11.6. The van der Waals surface area contributed by atoms with Gasteiger partial charge >= 0.3 is 0 Å². The van der Waals surface area contributed by atoms with Crippen molar-refractivity contribution >= 4 is 40.9 Å². The molecule has 2 aliphatic rings. The summed E-state index contributed by atoms with van der Waals surface area (Å²) in [7, 11) is 0. The van der Waals surface area contributed by atoms with E-state index in [4.69, 9.17) is 23.2 Å². The molecule has 1 unspecified atom stereocenters. The molecule has 1 aliphatic carbocycles. The van der Waals surface area contributed by atoms with Crippen LogP contribution < -0.4 is 0 Å². The molecule has 2 fully saturated rings. The molecule has 3 nitrogen and oxygen atoms in total. The predicted molar refractivity (Wildman–Crippen MR) is 116 cm³/mol. The average molecular weight is 435 g/mol. The van der Waals surface area contributed by atoms with Crippen LogP contribution in [0.4, 0.5) is 0 Å². The third-order valence-electron chi connectivity index (χ3n) is 5.81. The number of fused-ring (bicyclic) bond motifs is 1. The molecule has 1 saturated carbocycles. The molecule has 1 aliphatic heterocycles. The number of aromatic nitrogens is 1. The molecule has 2 aromatic rings. The van der Waals surface area contributed by atoms with Crippen molar-refractivity contribution in [3.05, 3.63) is 57.8 Å². The minimum atomic E-state index is 0.0826. The molecule has 1 amide bonds. The fourth-order valence-electron chi connectivity index (χ4n) is 4.47. The van der Waals surface area contributed by atoms with E-state index in [0.29, 0.717) is 33.5 Å².